The molecule has 1 aromatic carbocycles. The van der Waals surface area contributed by atoms with E-state index in [1.807, 2.05) is 13.8 Å². The molecule has 156 valence electrons. The zero-order valence-corrected chi connectivity index (χ0v) is 17.5. The molecule has 2 aromatic rings. The van der Waals surface area contributed by atoms with Gasteiger partial charge in [-0.1, -0.05) is 25.4 Å². The first-order valence-electron chi connectivity index (χ1n) is 8.96. The van der Waals surface area contributed by atoms with E-state index in [2.05, 4.69) is 10.6 Å². The number of carbonyl (C=O) groups is 2. The Kier molecular flexibility index (Phi) is 6.86. The summed E-state index contributed by atoms with van der Waals surface area (Å²) in [5.41, 5.74) is 5.33. The Hall–Kier alpha value is -3.07. The lowest BCUT2D eigenvalue weighted by atomic mass is 10.1. The van der Waals surface area contributed by atoms with Crippen molar-refractivity contribution in [2.24, 2.45) is 13.0 Å². The quantitative estimate of drug-likeness (QED) is 0.583. The number of halogens is 1. The number of hydrogen-bond donors (Lipinski definition) is 3. The van der Waals surface area contributed by atoms with Gasteiger partial charge in [0.1, 0.15) is 11.4 Å². The van der Waals surface area contributed by atoms with Crippen LogP contribution in [0.15, 0.2) is 27.8 Å². The van der Waals surface area contributed by atoms with Gasteiger partial charge in [0, 0.05) is 26.2 Å². The summed E-state index contributed by atoms with van der Waals surface area (Å²) in [6.45, 7) is 5.16. The fourth-order valence-electron chi connectivity index (χ4n) is 2.79. The second kappa shape index (κ2) is 8.95. The summed E-state index contributed by atoms with van der Waals surface area (Å²) in [5.74, 6) is -0.903. The van der Waals surface area contributed by atoms with Gasteiger partial charge >= 0.3 is 5.69 Å². The van der Waals surface area contributed by atoms with E-state index in [4.69, 9.17) is 17.3 Å². The standard InChI is InChI=1S/C19H24ClN5O4/c1-10(2)9-25-17(21)16(18(28)24(4)19(25)29)15(27)8-22-14-7-12(23-11(3)26)5-6-13(14)20/h5-7,10,22H,8-9,21H2,1-4H3,(H,23,26). The molecule has 0 saturated carbocycles. The minimum Gasteiger partial charge on any atom is -0.384 e. The number of nitrogens with two attached hydrogens (primary N) is 1. The molecular weight excluding hydrogens is 398 g/mol. The summed E-state index contributed by atoms with van der Waals surface area (Å²) < 4.78 is 2.10. The molecule has 0 aliphatic heterocycles. The van der Waals surface area contributed by atoms with Crippen molar-refractivity contribution in [3.63, 3.8) is 0 Å². The van der Waals surface area contributed by atoms with Gasteiger partial charge in [0.15, 0.2) is 5.78 Å². The van der Waals surface area contributed by atoms with Crippen LogP contribution < -0.4 is 27.6 Å². The van der Waals surface area contributed by atoms with Crippen molar-refractivity contribution in [1.82, 2.24) is 9.13 Å². The Bertz CT molecular complexity index is 1070. The van der Waals surface area contributed by atoms with Gasteiger partial charge in [-0.3, -0.25) is 23.5 Å². The number of hydrogen-bond acceptors (Lipinski definition) is 6. The molecule has 0 fully saturated rings. The third kappa shape index (κ3) is 5.05. The second-order valence-electron chi connectivity index (χ2n) is 7.06. The van der Waals surface area contributed by atoms with Crippen LogP contribution in [0.3, 0.4) is 0 Å². The van der Waals surface area contributed by atoms with Crippen molar-refractivity contribution in [1.29, 1.82) is 0 Å². The Morgan fingerprint density at radius 2 is 1.90 bits per heavy atom. The van der Waals surface area contributed by atoms with Crippen LogP contribution in [0.2, 0.25) is 5.02 Å². The molecule has 0 saturated heterocycles. The van der Waals surface area contributed by atoms with E-state index in [0.29, 0.717) is 16.4 Å². The molecule has 0 unspecified atom stereocenters. The number of rotatable bonds is 7. The topological polar surface area (TPSA) is 128 Å². The third-order valence-corrected chi connectivity index (χ3v) is 4.47. The number of aromatic nitrogens is 2. The van der Waals surface area contributed by atoms with Crippen LogP contribution in [-0.2, 0) is 18.4 Å². The van der Waals surface area contributed by atoms with E-state index in [1.54, 1.807) is 18.2 Å². The predicted molar refractivity (Wildman–Crippen MR) is 114 cm³/mol. The predicted octanol–water partition coefficient (Wildman–Crippen LogP) is 1.69. The first-order valence-corrected chi connectivity index (χ1v) is 9.34. The number of Topliss-reactive ketones (excluding diaryl/α,β-unsaturated/α-hetero) is 1. The number of ketones is 1. The Morgan fingerprint density at radius 3 is 2.48 bits per heavy atom. The minimum atomic E-state index is -0.752. The fraction of sp³-hybridized carbons (Fsp3) is 0.368. The van der Waals surface area contributed by atoms with Gasteiger partial charge in [0.25, 0.3) is 5.56 Å². The van der Waals surface area contributed by atoms with Gasteiger partial charge < -0.3 is 16.4 Å². The highest BCUT2D eigenvalue weighted by atomic mass is 35.5. The summed E-state index contributed by atoms with van der Waals surface area (Å²) in [5, 5.41) is 5.80. The number of carbonyl (C=O) groups excluding carboxylic acids is 2. The maximum atomic E-state index is 12.8. The summed E-state index contributed by atoms with van der Waals surface area (Å²) >= 11 is 6.13. The van der Waals surface area contributed by atoms with Crippen molar-refractivity contribution in [3.8, 4) is 0 Å². The normalized spacial score (nSPS) is 10.8. The molecule has 0 aliphatic rings. The molecule has 10 heteroatoms. The lowest BCUT2D eigenvalue weighted by molar-refractivity contribution is -0.114. The van der Waals surface area contributed by atoms with Crippen LogP contribution in [0.25, 0.3) is 0 Å². The average molecular weight is 422 g/mol. The number of anilines is 3. The summed E-state index contributed by atoms with van der Waals surface area (Å²) in [6.07, 6.45) is 0. The Balaban J connectivity index is 2.35. The van der Waals surface area contributed by atoms with E-state index in [1.165, 1.54) is 18.5 Å². The number of nitrogens with zero attached hydrogens (tertiary/aromatic N) is 2. The maximum absolute atomic E-state index is 12.8. The molecule has 1 amide bonds. The molecule has 1 aromatic heterocycles. The molecule has 0 radical (unpaired) electrons. The van der Waals surface area contributed by atoms with Crippen molar-refractivity contribution in [2.45, 2.75) is 27.3 Å². The van der Waals surface area contributed by atoms with Crippen molar-refractivity contribution < 1.29 is 9.59 Å². The highest BCUT2D eigenvalue weighted by molar-refractivity contribution is 6.33. The van der Waals surface area contributed by atoms with Crippen LogP contribution in [0.5, 0.6) is 0 Å². The summed E-state index contributed by atoms with van der Waals surface area (Å²) in [4.78, 5) is 48.8. The van der Waals surface area contributed by atoms with Crippen LogP contribution in [-0.4, -0.2) is 27.4 Å². The van der Waals surface area contributed by atoms with E-state index in [-0.39, 0.29) is 36.3 Å². The van der Waals surface area contributed by atoms with Crippen LogP contribution in [0.1, 0.15) is 31.1 Å². The lowest BCUT2D eigenvalue weighted by Gasteiger charge is -2.16. The van der Waals surface area contributed by atoms with Gasteiger partial charge in [-0.05, 0) is 24.1 Å². The summed E-state index contributed by atoms with van der Waals surface area (Å²) in [6, 6.07) is 4.75. The molecule has 4 N–H and O–H groups in total. The zero-order chi connectivity index (χ0) is 21.9. The van der Waals surface area contributed by atoms with Crippen molar-refractivity contribution >= 4 is 40.5 Å². The van der Waals surface area contributed by atoms with Crippen LogP contribution >= 0.6 is 11.6 Å². The van der Waals surface area contributed by atoms with Gasteiger partial charge in [-0.15, -0.1) is 0 Å². The fourth-order valence-corrected chi connectivity index (χ4v) is 2.98. The Labute approximate surface area is 172 Å². The average Bonchev–Trinajstić information content (AvgIpc) is 2.63. The van der Waals surface area contributed by atoms with Gasteiger partial charge in [-0.25, -0.2) is 4.79 Å². The minimum absolute atomic E-state index is 0.0869. The molecule has 0 bridgehead atoms. The molecule has 29 heavy (non-hydrogen) atoms. The SMILES string of the molecule is CC(=O)Nc1ccc(Cl)c(NCC(=O)c2c(N)n(CC(C)C)c(=O)n(C)c2=O)c1. The molecule has 0 atom stereocenters. The zero-order valence-electron chi connectivity index (χ0n) is 16.7. The van der Waals surface area contributed by atoms with Gasteiger partial charge in [0.05, 0.1) is 17.3 Å². The van der Waals surface area contributed by atoms with E-state index >= 15 is 0 Å². The largest absolute Gasteiger partial charge is 0.384 e. The molecular formula is C19H24ClN5O4. The second-order valence-corrected chi connectivity index (χ2v) is 7.47. The lowest BCUT2D eigenvalue weighted by Crippen LogP contribution is -2.43. The molecule has 0 aliphatic carbocycles. The number of nitrogens with one attached hydrogen (secondary N) is 2. The smallest absolute Gasteiger partial charge is 0.332 e. The summed E-state index contributed by atoms with van der Waals surface area (Å²) in [7, 11) is 1.30. The first kappa shape index (κ1) is 22.2. The maximum Gasteiger partial charge on any atom is 0.332 e. The third-order valence-electron chi connectivity index (χ3n) is 4.14. The monoisotopic (exact) mass is 421 g/mol. The van der Waals surface area contributed by atoms with Crippen molar-refractivity contribution in [3.05, 3.63) is 49.6 Å². The number of nitrogen functional groups attached to an aromatic ring is 1. The highest BCUT2D eigenvalue weighted by Crippen LogP contribution is 2.25. The number of amides is 1. The number of benzene rings is 1. The van der Waals surface area contributed by atoms with Crippen molar-refractivity contribution in [2.75, 3.05) is 22.9 Å². The van der Waals surface area contributed by atoms with Gasteiger partial charge in [-0.2, -0.15) is 0 Å². The molecule has 0 spiro atoms. The van der Waals surface area contributed by atoms with Gasteiger partial charge in [0.2, 0.25) is 5.91 Å². The van der Waals surface area contributed by atoms with Crippen LogP contribution in [0, 0.1) is 5.92 Å². The van der Waals surface area contributed by atoms with E-state index in [0.717, 1.165) is 4.57 Å². The van der Waals surface area contributed by atoms with E-state index in [9.17, 15) is 19.2 Å². The molecule has 1 heterocycles. The first-order chi connectivity index (χ1) is 13.5. The molecule has 9 nitrogen and oxygen atoms in total. The van der Waals surface area contributed by atoms with E-state index < -0.39 is 17.0 Å². The molecule has 2 rings (SSSR count). The highest BCUT2D eigenvalue weighted by Gasteiger charge is 2.22. The Morgan fingerprint density at radius 1 is 1.24 bits per heavy atom. The van der Waals surface area contributed by atoms with Crippen LogP contribution in [0.4, 0.5) is 17.2 Å².